The van der Waals surface area contributed by atoms with Gasteiger partial charge in [-0.05, 0) is 18.2 Å². The highest BCUT2D eigenvalue weighted by Crippen LogP contribution is 2.04. The van der Waals surface area contributed by atoms with Gasteiger partial charge in [-0.25, -0.2) is 4.79 Å². The molecule has 0 saturated carbocycles. The van der Waals surface area contributed by atoms with Gasteiger partial charge in [-0.2, -0.15) is 5.26 Å². The molecule has 6 nitrogen and oxygen atoms in total. The number of aliphatic carboxylic acids is 1. The largest absolute Gasteiger partial charge is 0.480 e. The lowest BCUT2D eigenvalue weighted by atomic mass is 10.1. The minimum atomic E-state index is -1.35. The fourth-order valence-corrected chi connectivity index (χ4v) is 1.16. The number of nitriles is 1. The Morgan fingerprint density at radius 2 is 2.18 bits per heavy atom. The molecule has 17 heavy (non-hydrogen) atoms. The number of aliphatic hydroxyl groups is 1. The predicted octanol–water partition coefficient (Wildman–Crippen LogP) is -0.266. The third kappa shape index (κ3) is 3.29. The molecule has 1 amide bonds. The van der Waals surface area contributed by atoms with E-state index in [2.05, 4.69) is 5.32 Å². The summed E-state index contributed by atoms with van der Waals surface area (Å²) in [6.07, 6.45) is 0. The molecule has 6 heteroatoms. The van der Waals surface area contributed by atoms with Crippen molar-refractivity contribution in [1.82, 2.24) is 5.32 Å². The average Bonchev–Trinajstić information content (AvgIpc) is 2.35. The summed E-state index contributed by atoms with van der Waals surface area (Å²) in [5.41, 5.74) is 0.470. The molecular weight excluding hydrogens is 224 g/mol. The molecule has 0 aliphatic carbocycles. The van der Waals surface area contributed by atoms with Crippen LogP contribution >= 0.6 is 0 Å². The lowest BCUT2D eigenvalue weighted by Crippen LogP contribution is -2.43. The molecule has 0 spiro atoms. The van der Waals surface area contributed by atoms with Crippen molar-refractivity contribution in [3.05, 3.63) is 35.4 Å². The highest BCUT2D eigenvalue weighted by atomic mass is 16.4. The van der Waals surface area contributed by atoms with Crippen LogP contribution < -0.4 is 5.32 Å². The third-order valence-electron chi connectivity index (χ3n) is 2.04. The van der Waals surface area contributed by atoms with Crippen molar-refractivity contribution in [3.8, 4) is 6.07 Å². The number of hydrogen-bond acceptors (Lipinski definition) is 4. The third-order valence-corrected chi connectivity index (χ3v) is 2.04. The van der Waals surface area contributed by atoms with E-state index in [1.54, 1.807) is 0 Å². The van der Waals surface area contributed by atoms with Crippen LogP contribution in [-0.2, 0) is 4.79 Å². The van der Waals surface area contributed by atoms with Gasteiger partial charge in [0.1, 0.15) is 0 Å². The van der Waals surface area contributed by atoms with Crippen molar-refractivity contribution in [1.29, 1.82) is 5.26 Å². The van der Waals surface area contributed by atoms with Gasteiger partial charge in [0.25, 0.3) is 5.91 Å². The second kappa shape index (κ2) is 5.63. The van der Waals surface area contributed by atoms with Crippen LogP contribution in [0.5, 0.6) is 0 Å². The number of nitrogens with zero attached hydrogens (tertiary/aromatic N) is 1. The Kier molecular flexibility index (Phi) is 4.20. The first-order valence-corrected chi connectivity index (χ1v) is 4.73. The molecule has 0 unspecified atom stereocenters. The highest BCUT2D eigenvalue weighted by Gasteiger charge is 2.19. The fourth-order valence-electron chi connectivity index (χ4n) is 1.16. The van der Waals surface area contributed by atoms with Crippen LogP contribution in [0.25, 0.3) is 0 Å². The summed E-state index contributed by atoms with van der Waals surface area (Å²) in [4.78, 5) is 22.2. The minimum absolute atomic E-state index is 0.170. The topological polar surface area (TPSA) is 110 Å². The summed E-state index contributed by atoms with van der Waals surface area (Å²) in [6.45, 7) is -0.695. The summed E-state index contributed by atoms with van der Waals surface area (Å²) in [5, 5.41) is 28.2. The van der Waals surface area contributed by atoms with E-state index in [1.165, 1.54) is 24.3 Å². The smallest absolute Gasteiger partial charge is 0.328 e. The van der Waals surface area contributed by atoms with Crippen LogP contribution in [0.1, 0.15) is 15.9 Å². The molecule has 0 aromatic heterocycles. The number of carboxylic acid groups (broad SMARTS) is 1. The summed E-state index contributed by atoms with van der Waals surface area (Å²) >= 11 is 0. The molecule has 1 rings (SSSR count). The lowest BCUT2D eigenvalue weighted by molar-refractivity contribution is -0.140. The molecular formula is C11H10N2O4. The number of aliphatic hydroxyl groups excluding tert-OH is 1. The average molecular weight is 234 g/mol. The molecule has 88 valence electrons. The molecule has 3 N–H and O–H groups in total. The van der Waals surface area contributed by atoms with E-state index < -0.39 is 24.5 Å². The Morgan fingerprint density at radius 3 is 2.71 bits per heavy atom. The van der Waals surface area contributed by atoms with E-state index >= 15 is 0 Å². The Hall–Kier alpha value is -2.39. The Morgan fingerprint density at radius 1 is 1.47 bits per heavy atom. The number of amides is 1. The number of nitrogens with one attached hydrogen (secondary N) is 1. The number of hydrogen-bond donors (Lipinski definition) is 3. The quantitative estimate of drug-likeness (QED) is 0.664. The maximum atomic E-state index is 11.6. The highest BCUT2D eigenvalue weighted by molar-refractivity contribution is 5.96. The van der Waals surface area contributed by atoms with Gasteiger partial charge in [-0.15, -0.1) is 0 Å². The molecule has 1 atom stereocenters. The first-order chi connectivity index (χ1) is 8.08. The first kappa shape index (κ1) is 12.7. The number of carbonyl (C=O) groups is 2. The van der Waals surface area contributed by atoms with Crippen molar-refractivity contribution >= 4 is 11.9 Å². The maximum Gasteiger partial charge on any atom is 0.328 e. The SMILES string of the molecule is N#Cc1cccc(C(=O)N[C@@H](CO)C(=O)O)c1. The van der Waals surface area contributed by atoms with Crippen molar-refractivity contribution in [2.45, 2.75) is 6.04 Å². The zero-order valence-electron chi connectivity index (χ0n) is 8.75. The zero-order chi connectivity index (χ0) is 12.8. The van der Waals surface area contributed by atoms with E-state index in [9.17, 15) is 9.59 Å². The van der Waals surface area contributed by atoms with Crippen LogP contribution in [0.15, 0.2) is 24.3 Å². The van der Waals surface area contributed by atoms with Crippen molar-refractivity contribution in [2.24, 2.45) is 0 Å². The van der Waals surface area contributed by atoms with Gasteiger partial charge in [-0.3, -0.25) is 4.79 Å². The van der Waals surface area contributed by atoms with Gasteiger partial charge in [0.05, 0.1) is 18.2 Å². The van der Waals surface area contributed by atoms with E-state index in [4.69, 9.17) is 15.5 Å². The van der Waals surface area contributed by atoms with Gasteiger partial charge >= 0.3 is 5.97 Å². The molecule has 0 radical (unpaired) electrons. The number of rotatable bonds is 4. The van der Waals surface area contributed by atoms with Gasteiger partial charge in [0.2, 0.25) is 0 Å². The van der Waals surface area contributed by atoms with E-state index in [0.717, 1.165) is 0 Å². The van der Waals surface area contributed by atoms with Gasteiger partial charge < -0.3 is 15.5 Å². The minimum Gasteiger partial charge on any atom is -0.480 e. The summed E-state index contributed by atoms with van der Waals surface area (Å²) < 4.78 is 0. The number of carboxylic acids is 1. The van der Waals surface area contributed by atoms with Crippen LogP contribution in [0, 0.1) is 11.3 Å². The molecule has 0 fully saturated rings. The molecule has 0 bridgehead atoms. The van der Waals surface area contributed by atoms with Crippen LogP contribution in [0.3, 0.4) is 0 Å². The van der Waals surface area contributed by atoms with Crippen molar-refractivity contribution in [2.75, 3.05) is 6.61 Å². The standard InChI is InChI=1S/C11H10N2O4/c12-5-7-2-1-3-8(4-7)10(15)13-9(6-14)11(16)17/h1-4,9,14H,6H2,(H,13,15)(H,16,17)/t9-/m0/s1. The Balaban J connectivity index is 2.83. The molecule has 0 heterocycles. The number of carbonyl (C=O) groups excluding carboxylic acids is 1. The van der Waals surface area contributed by atoms with Crippen molar-refractivity contribution < 1.29 is 19.8 Å². The van der Waals surface area contributed by atoms with E-state index in [0.29, 0.717) is 5.56 Å². The van der Waals surface area contributed by atoms with Crippen LogP contribution in [-0.4, -0.2) is 34.7 Å². The van der Waals surface area contributed by atoms with Crippen LogP contribution in [0.2, 0.25) is 0 Å². The summed E-state index contributed by atoms with van der Waals surface area (Å²) in [7, 11) is 0. The van der Waals surface area contributed by atoms with E-state index in [-0.39, 0.29) is 5.56 Å². The van der Waals surface area contributed by atoms with E-state index in [1.807, 2.05) is 6.07 Å². The lowest BCUT2D eigenvalue weighted by Gasteiger charge is -2.11. The zero-order valence-corrected chi connectivity index (χ0v) is 8.75. The van der Waals surface area contributed by atoms with Crippen molar-refractivity contribution in [3.63, 3.8) is 0 Å². The van der Waals surface area contributed by atoms with Gasteiger partial charge in [-0.1, -0.05) is 6.07 Å². The Bertz CT molecular complexity index is 479. The molecule has 1 aromatic rings. The first-order valence-electron chi connectivity index (χ1n) is 4.73. The second-order valence-electron chi connectivity index (χ2n) is 3.24. The monoisotopic (exact) mass is 234 g/mol. The summed E-state index contributed by atoms with van der Waals surface area (Å²) in [6, 6.07) is 6.34. The van der Waals surface area contributed by atoms with Gasteiger partial charge in [0.15, 0.2) is 6.04 Å². The second-order valence-corrected chi connectivity index (χ2v) is 3.24. The van der Waals surface area contributed by atoms with Gasteiger partial charge in [0, 0.05) is 5.56 Å². The molecule has 0 aliphatic heterocycles. The molecule has 0 saturated heterocycles. The maximum absolute atomic E-state index is 11.6. The molecule has 1 aromatic carbocycles. The van der Waals surface area contributed by atoms with Crippen LogP contribution in [0.4, 0.5) is 0 Å². The predicted molar refractivity (Wildman–Crippen MR) is 57.1 cm³/mol. The number of benzene rings is 1. The normalized spacial score (nSPS) is 11.3. The fraction of sp³-hybridized carbons (Fsp3) is 0.182. The molecule has 0 aliphatic rings. The Labute approximate surface area is 97.1 Å². The summed E-state index contributed by atoms with van der Waals surface area (Å²) in [5.74, 6) is -1.97.